The third-order valence-electron chi connectivity index (χ3n) is 5.94. The molecule has 2 saturated carbocycles. The predicted octanol–water partition coefficient (Wildman–Crippen LogP) is 5.29. The van der Waals surface area contributed by atoms with Crippen molar-refractivity contribution in [3.8, 4) is 5.75 Å². The van der Waals surface area contributed by atoms with Crippen LogP contribution in [0.3, 0.4) is 0 Å². The Labute approximate surface area is 155 Å². The van der Waals surface area contributed by atoms with E-state index < -0.39 is 6.10 Å². The SMILES string of the molecule is C=C1C[C@H](OC(=O)[C@@H](C)Oc2cccc3ccccc23)[C@H]2CCCC[C@@H]12. The molecule has 0 heterocycles. The molecule has 0 N–H and O–H groups in total. The highest BCUT2D eigenvalue weighted by molar-refractivity contribution is 5.88. The van der Waals surface area contributed by atoms with E-state index in [9.17, 15) is 4.79 Å². The summed E-state index contributed by atoms with van der Waals surface area (Å²) in [4.78, 5) is 12.6. The fraction of sp³-hybridized carbons (Fsp3) is 0.435. The Hall–Kier alpha value is -2.29. The van der Waals surface area contributed by atoms with E-state index in [4.69, 9.17) is 9.47 Å². The molecule has 2 fully saturated rings. The first-order valence-corrected chi connectivity index (χ1v) is 9.66. The zero-order chi connectivity index (χ0) is 18.1. The number of hydrogen-bond donors (Lipinski definition) is 0. The van der Waals surface area contributed by atoms with E-state index in [1.165, 1.54) is 24.8 Å². The van der Waals surface area contributed by atoms with Gasteiger partial charge in [0.1, 0.15) is 11.9 Å². The lowest BCUT2D eigenvalue weighted by molar-refractivity contribution is -0.159. The van der Waals surface area contributed by atoms with Crippen molar-refractivity contribution >= 4 is 16.7 Å². The maximum Gasteiger partial charge on any atom is 0.347 e. The van der Waals surface area contributed by atoms with Gasteiger partial charge >= 0.3 is 5.97 Å². The number of carbonyl (C=O) groups is 1. The molecule has 0 aromatic heterocycles. The van der Waals surface area contributed by atoms with E-state index in [1.807, 2.05) is 42.5 Å². The number of esters is 1. The van der Waals surface area contributed by atoms with Crippen LogP contribution in [0.15, 0.2) is 54.6 Å². The standard InChI is InChI=1S/C23H26O3/c1-15-14-22(20-12-6-5-10-18(15)20)26-23(24)16(2)25-21-13-7-9-17-8-3-4-11-19(17)21/h3-4,7-9,11,13,16,18,20,22H,1,5-6,10,12,14H2,2H3/t16-,18+,20+,22+/m1/s1. The van der Waals surface area contributed by atoms with Crippen molar-refractivity contribution in [3.05, 3.63) is 54.6 Å². The molecule has 2 aromatic carbocycles. The fourth-order valence-electron chi connectivity index (χ4n) is 4.58. The fourth-order valence-corrected chi connectivity index (χ4v) is 4.58. The second-order valence-corrected chi connectivity index (χ2v) is 7.63. The molecule has 4 atom stereocenters. The predicted molar refractivity (Wildman–Crippen MR) is 103 cm³/mol. The molecular formula is C23H26O3. The lowest BCUT2D eigenvalue weighted by atomic mass is 9.80. The topological polar surface area (TPSA) is 35.5 Å². The van der Waals surface area contributed by atoms with Crippen molar-refractivity contribution < 1.29 is 14.3 Å². The van der Waals surface area contributed by atoms with Crippen molar-refractivity contribution in [2.45, 2.75) is 51.2 Å². The van der Waals surface area contributed by atoms with Crippen LogP contribution >= 0.6 is 0 Å². The molecule has 0 aliphatic heterocycles. The zero-order valence-electron chi connectivity index (χ0n) is 15.3. The van der Waals surface area contributed by atoms with Gasteiger partial charge < -0.3 is 9.47 Å². The molecule has 0 spiro atoms. The van der Waals surface area contributed by atoms with E-state index in [1.54, 1.807) is 6.92 Å². The van der Waals surface area contributed by atoms with E-state index >= 15 is 0 Å². The van der Waals surface area contributed by atoms with Gasteiger partial charge in [-0.2, -0.15) is 0 Å². The van der Waals surface area contributed by atoms with Crippen LogP contribution in [0.1, 0.15) is 39.0 Å². The molecule has 0 amide bonds. The summed E-state index contributed by atoms with van der Waals surface area (Å²) in [6.45, 7) is 5.99. The molecule has 3 nitrogen and oxygen atoms in total. The lowest BCUT2D eigenvalue weighted by Crippen LogP contribution is -2.33. The minimum absolute atomic E-state index is 0.0288. The molecule has 2 aliphatic carbocycles. The zero-order valence-corrected chi connectivity index (χ0v) is 15.3. The van der Waals surface area contributed by atoms with Crippen molar-refractivity contribution in [3.63, 3.8) is 0 Å². The third-order valence-corrected chi connectivity index (χ3v) is 5.94. The quantitative estimate of drug-likeness (QED) is 0.555. The van der Waals surface area contributed by atoms with Gasteiger partial charge in [-0.15, -0.1) is 0 Å². The van der Waals surface area contributed by atoms with Crippen molar-refractivity contribution in [1.29, 1.82) is 0 Å². The number of fused-ring (bicyclic) bond motifs is 2. The van der Waals surface area contributed by atoms with Crippen molar-refractivity contribution in [2.24, 2.45) is 11.8 Å². The molecule has 136 valence electrons. The highest BCUT2D eigenvalue weighted by Crippen LogP contribution is 2.46. The smallest absolute Gasteiger partial charge is 0.347 e. The minimum Gasteiger partial charge on any atom is -0.478 e. The first kappa shape index (κ1) is 17.1. The first-order chi connectivity index (χ1) is 12.6. The van der Waals surface area contributed by atoms with Crippen LogP contribution in [-0.2, 0) is 9.53 Å². The van der Waals surface area contributed by atoms with Crippen molar-refractivity contribution in [1.82, 2.24) is 0 Å². The second-order valence-electron chi connectivity index (χ2n) is 7.63. The van der Waals surface area contributed by atoms with E-state index in [2.05, 4.69) is 6.58 Å². The van der Waals surface area contributed by atoms with Gasteiger partial charge in [0.05, 0.1) is 0 Å². The summed E-state index contributed by atoms with van der Waals surface area (Å²) in [6, 6.07) is 13.9. The highest BCUT2D eigenvalue weighted by Gasteiger charge is 2.42. The van der Waals surface area contributed by atoms with Crippen LogP contribution < -0.4 is 4.74 Å². The maximum atomic E-state index is 12.6. The monoisotopic (exact) mass is 350 g/mol. The number of ether oxygens (including phenoxy) is 2. The van der Waals surface area contributed by atoms with Gasteiger partial charge in [0.2, 0.25) is 0 Å². The number of rotatable bonds is 4. The summed E-state index contributed by atoms with van der Waals surface area (Å²) in [5, 5.41) is 2.11. The molecule has 0 saturated heterocycles. The number of carbonyl (C=O) groups excluding carboxylic acids is 1. The summed E-state index contributed by atoms with van der Waals surface area (Å²) in [7, 11) is 0. The Morgan fingerprint density at radius 2 is 1.88 bits per heavy atom. The van der Waals surface area contributed by atoms with Crippen LogP contribution in [-0.4, -0.2) is 18.2 Å². The van der Waals surface area contributed by atoms with Gasteiger partial charge in [0.15, 0.2) is 6.10 Å². The summed E-state index contributed by atoms with van der Waals surface area (Å²) >= 11 is 0. The van der Waals surface area contributed by atoms with Crippen LogP contribution in [0.2, 0.25) is 0 Å². The molecule has 2 aromatic rings. The largest absolute Gasteiger partial charge is 0.478 e. The molecule has 2 aliphatic rings. The van der Waals surface area contributed by atoms with Crippen LogP contribution in [0, 0.1) is 11.8 Å². The van der Waals surface area contributed by atoms with Gasteiger partial charge in [-0.3, -0.25) is 0 Å². The molecule has 0 bridgehead atoms. The summed E-state index contributed by atoms with van der Waals surface area (Å²) in [5.41, 5.74) is 1.26. The van der Waals surface area contributed by atoms with Gasteiger partial charge in [-0.1, -0.05) is 61.4 Å². The van der Waals surface area contributed by atoms with Gasteiger partial charge in [0, 0.05) is 17.7 Å². The lowest BCUT2D eigenvalue weighted by Gasteiger charge is -2.29. The maximum absolute atomic E-state index is 12.6. The average molecular weight is 350 g/mol. The third kappa shape index (κ3) is 3.23. The van der Waals surface area contributed by atoms with E-state index in [0.717, 1.165) is 29.4 Å². The average Bonchev–Trinajstić information content (AvgIpc) is 2.98. The van der Waals surface area contributed by atoms with E-state index in [0.29, 0.717) is 11.8 Å². The molecular weight excluding hydrogens is 324 g/mol. The summed E-state index contributed by atoms with van der Waals surface area (Å²) in [6.07, 6.45) is 4.98. The van der Waals surface area contributed by atoms with Gasteiger partial charge in [-0.05, 0) is 37.1 Å². The van der Waals surface area contributed by atoms with Gasteiger partial charge in [-0.25, -0.2) is 4.79 Å². The van der Waals surface area contributed by atoms with E-state index in [-0.39, 0.29) is 12.1 Å². The Morgan fingerprint density at radius 3 is 2.77 bits per heavy atom. The molecule has 0 unspecified atom stereocenters. The summed E-state index contributed by atoms with van der Waals surface area (Å²) in [5.74, 6) is 1.43. The second kappa shape index (κ2) is 7.14. The van der Waals surface area contributed by atoms with Crippen LogP contribution in [0.4, 0.5) is 0 Å². The minimum atomic E-state index is -0.628. The molecule has 26 heavy (non-hydrogen) atoms. The Morgan fingerprint density at radius 1 is 1.12 bits per heavy atom. The van der Waals surface area contributed by atoms with Gasteiger partial charge in [0.25, 0.3) is 0 Å². The van der Waals surface area contributed by atoms with Crippen molar-refractivity contribution in [2.75, 3.05) is 0 Å². The summed E-state index contributed by atoms with van der Waals surface area (Å²) < 4.78 is 11.8. The Balaban J connectivity index is 1.44. The first-order valence-electron chi connectivity index (χ1n) is 9.66. The highest BCUT2D eigenvalue weighted by atomic mass is 16.6. The van der Waals surface area contributed by atoms with Crippen LogP contribution in [0.5, 0.6) is 5.75 Å². The number of hydrogen-bond acceptors (Lipinski definition) is 3. The molecule has 3 heteroatoms. The Bertz CT molecular complexity index is 820. The molecule has 4 rings (SSSR count). The Kier molecular flexibility index (Phi) is 4.71. The molecule has 0 radical (unpaired) electrons. The number of benzene rings is 2. The normalized spacial score (nSPS) is 26.3. The van der Waals surface area contributed by atoms with Crippen LogP contribution in [0.25, 0.3) is 10.8 Å².